The van der Waals surface area contributed by atoms with Crippen LogP contribution in [0.3, 0.4) is 0 Å². The highest BCUT2D eigenvalue weighted by atomic mass is 16.5. The lowest BCUT2D eigenvalue weighted by Crippen LogP contribution is -2.42. The lowest BCUT2D eigenvalue weighted by atomic mass is 9.74. The number of likely N-dealkylation sites (tertiary alicyclic amines) is 1. The summed E-state index contributed by atoms with van der Waals surface area (Å²) < 4.78 is 6.20. The summed E-state index contributed by atoms with van der Waals surface area (Å²) in [6, 6.07) is 18.6. The Morgan fingerprint density at radius 1 is 0.900 bits per heavy atom. The minimum atomic E-state index is 0.0393. The first-order valence-corrected chi connectivity index (χ1v) is 14.4. The third-order valence-corrected chi connectivity index (χ3v) is 9.52. The number of carbonyl (C=O) groups excluding carboxylic acids is 2. The maximum Gasteiger partial charge on any atom is 0.324 e. The van der Waals surface area contributed by atoms with Crippen LogP contribution < -0.4 is 14.5 Å². The van der Waals surface area contributed by atoms with Gasteiger partial charge in [-0.25, -0.2) is 4.79 Å². The molecule has 4 aliphatic rings. The zero-order valence-electron chi connectivity index (χ0n) is 23.6. The highest BCUT2D eigenvalue weighted by molar-refractivity contribution is 6.07. The van der Waals surface area contributed by atoms with Crippen molar-refractivity contribution in [1.82, 2.24) is 9.80 Å². The Morgan fingerprint density at radius 2 is 1.68 bits per heavy atom. The van der Waals surface area contributed by atoms with Crippen LogP contribution in [0.5, 0.6) is 5.75 Å². The van der Waals surface area contributed by atoms with E-state index in [1.165, 1.54) is 11.1 Å². The molecule has 7 rings (SSSR count). The van der Waals surface area contributed by atoms with Crippen LogP contribution in [0.1, 0.15) is 39.9 Å². The molecule has 3 aromatic carbocycles. The van der Waals surface area contributed by atoms with Crippen molar-refractivity contribution in [2.75, 3.05) is 63.2 Å². The largest absolute Gasteiger partial charge is 0.492 e. The molecular weight excluding hydrogens is 500 g/mol. The number of ether oxygens (including phenoxy) is 1. The summed E-state index contributed by atoms with van der Waals surface area (Å²) in [6.07, 6.45) is 3.04. The smallest absolute Gasteiger partial charge is 0.324 e. The summed E-state index contributed by atoms with van der Waals surface area (Å²) in [5.74, 6) is 1.06. The fourth-order valence-corrected chi connectivity index (χ4v) is 6.89. The van der Waals surface area contributed by atoms with Gasteiger partial charge < -0.3 is 19.4 Å². The third kappa shape index (κ3) is 3.98. The van der Waals surface area contributed by atoms with Gasteiger partial charge in [-0.05, 0) is 105 Å². The van der Waals surface area contributed by atoms with Crippen molar-refractivity contribution in [2.24, 2.45) is 0 Å². The van der Waals surface area contributed by atoms with E-state index < -0.39 is 0 Å². The Balaban J connectivity index is 1.12. The summed E-state index contributed by atoms with van der Waals surface area (Å²) in [5.41, 5.74) is 8.50. The first-order valence-electron chi connectivity index (χ1n) is 14.4. The average molecular weight is 537 g/mol. The molecule has 1 spiro atoms. The van der Waals surface area contributed by atoms with Gasteiger partial charge in [0.05, 0.1) is 6.61 Å². The number of aryl methyl sites for hydroxylation is 1. The number of anilines is 2. The fourth-order valence-electron chi connectivity index (χ4n) is 6.89. The molecule has 3 aromatic rings. The van der Waals surface area contributed by atoms with E-state index in [0.29, 0.717) is 18.7 Å². The number of hydrogen-bond acceptors (Lipinski definition) is 4. The van der Waals surface area contributed by atoms with Gasteiger partial charge in [0.15, 0.2) is 0 Å². The van der Waals surface area contributed by atoms with Gasteiger partial charge in [0.1, 0.15) is 5.75 Å². The highest BCUT2D eigenvalue weighted by Gasteiger charge is 2.44. The van der Waals surface area contributed by atoms with Gasteiger partial charge >= 0.3 is 6.03 Å². The van der Waals surface area contributed by atoms with Gasteiger partial charge in [0, 0.05) is 54.6 Å². The predicted molar refractivity (Wildman–Crippen MR) is 158 cm³/mol. The number of fused-ring (bicyclic) bond motifs is 3. The van der Waals surface area contributed by atoms with E-state index in [9.17, 15) is 9.59 Å². The number of benzene rings is 3. The molecule has 2 saturated heterocycles. The maximum atomic E-state index is 13.7. The van der Waals surface area contributed by atoms with Crippen molar-refractivity contribution in [3.63, 3.8) is 0 Å². The Hall–Kier alpha value is -3.84. The Bertz CT molecular complexity index is 1510. The first-order chi connectivity index (χ1) is 19.3. The van der Waals surface area contributed by atoms with Crippen molar-refractivity contribution >= 4 is 23.3 Å². The van der Waals surface area contributed by atoms with Crippen molar-refractivity contribution in [2.45, 2.75) is 31.6 Å². The second-order valence-electron chi connectivity index (χ2n) is 12.0. The standard InChI is InChI=1S/C33H36N4O3/c1-22-18-26(36-17-16-35(3)32(36)39)8-9-27(22)23-4-6-24(7-5-23)31(38)37-13-10-25-19-30-28(20-29(25)37)33(21-40-30)11-14-34(2)15-12-33/h4-9,18-20H,10-17,21H2,1-3H3. The van der Waals surface area contributed by atoms with Gasteiger partial charge in [-0.3, -0.25) is 9.69 Å². The second-order valence-corrected chi connectivity index (χ2v) is 12.0. The van der Waals surface area contributed by atoms with Crippen LogP contribution in [0.15, 0.2) is 54.6 Å². The number of likely N-dealkylation sites (N-methyl/N-ethyl adjacent to an activating group) is 1. The summed E-state index contributed by atoms with van der Waals surface area (Å²) in [6.45, 7) is 7.11. The zero-order valence-corrected chi connectivity index (χ0v) is 23.6. The summed E-state index contributed by atoms with van der Waals surface area (Å²) >= 11 is 0. The van der Waals surface area contributed by atoms with Crippen LogP contribution in [-0.2, 0) is 11.8 Å². The average Bonchev–Trinajstić information content (AvgIpc) is 3.64. The molecule has 0 atom stereocenters. The van der Waals surface area contributed by atoms with E-state index >= 15 is 0 Å². The molecule has 206 valence electrons. The molecule has 0 saturated carbocycles. The lowest BCUT2D eigenvalue weighted by Gasteiger charge is -2.37. The predicted octanol–water partition coefficient (Wildman–Crippen LogP) is 5.09. The van der Waals surface area contributed by atoms with Crippen LogP contribution in [0, 0.1) is 6.92 Å². The molecular formula is C33H36N4O3. The van der Waals surface area contributed by atoms with E-state index in [-0.39, 0.29) is 17.4 Å². The monoisotopic (exact) mass is 536 g/mol. The minimum absolute atomic E-state index is 0.0393. The fraction of sp³-hybridized carbons (Fsp3) is 0.394. The van der Waals surface area contributed by atoms with Crippen LogP contribution in [-0.4, -0.2) is 75.2 Å². The van der Waals surface area contributed by atoms with E-state index in [2.05, 4.69) is 43.1 Å². The summed E-state index contributed by atoms with van der Waals surface area (Å²) in [7, 11) is 4.02. The van der Waals surface area contributed by atoms with Gasteiger partial charge in [0.2, 0.25) is 0 Å². The Kier molecular flexibility index (Phi) is 5.89. The first kappa shape index (κ1) is 25.1. The van der Waals surface area contributed by atoms with Crippen molar-refractivity contribution < 1.29 is 14.3 Å². The molecule has 7 nitrogen and oxygen atoms in total. The molecule has 0 bridgehead atoms. The molecule has 0 aromatic heterocycles. The minimum Gasteiger partial charge on any atom is -0.492 e. The van der Waals surface area contributed by atoms with Gasteiger partial charge in [-0.2, -0.15) is 0 Å². The van der Waals surface area contributed by atoms with Gasteiger partial charge in [-0.15, -0.1) is 0 Å². The molecule has 3 amide bonds. The van der Waals surface area contributed by atoms with Crippen molar-refractivity contribution in [3.8, 4) is 16.9 Å². The normalized spacial score (nSPS) is 19.8. The molecule has 0 N–H and O–H groups in total. The van der Waals surface area contributed by atoms with Crippen LogP contribution in [0.25, 0.3) is 11.1 Å². The van der Waals surface area contributed by atoms with Crippen molar-refractivity contribution in [1.29, 1.82) is 0 Å². The molecule has 4 heterocycles. The molecule has 7 heteroatoms. The van der Waals surface area contributed by atoms with Gasteiger partial charge in [0.25, 0.3) is 5.91 Å². The number of piperidine rings is 1. The van der Waals surface area contributed by atoms with E-state index in [4.69, 9.17) is 4.74 Å². The summed E-state index contributed by atoms with van der Waals surface area (Å²) in [4.78, 5) is 34.1. The maximum absolute atomic E-state index is 13.7. The Morgan fingerprint density at radius 3 is 2.38 bits per heavy atom. The zero-order chi connectivity index (χ0) is 27.6. The number of amides is 3. The quantitative estimate of drug-likeness (QED) is 0.468. The number of urea groups is 1. The van der Waals surface area contributed by atoms with Crippen molar-refractivity contribution in [3.05, 3.63) is 76.9 Å². The molecule has 0 radical (unpaired) electrons. The lowest BCUT2D eigenvalue weighted by molar-refractivity contribution is 0.0989. The molecule has 0 aliphatic carbocycles. The number of hydrogen-bond donors (Lipinski definition) is 0. The SMILES string of the molecule is Cc1cc(N2CCN(C)C2=O)ccc1-c1ccc(C(=O)N2CCc3cc4c(cc32)C2(CCN(C)CC2)CO4)cc1. The number of carbonyl (C=O) groups is 2. The van der Waals surface area contributed by atoms with Gasteiger partial charge in [-0.1, -0.05) is 18.2 Å². The second kappa shape index (κ2) is 9.37. The highest BCUT2D eigenvalue weighted by Crippen LogP contribution is 2.49. The molecule has 4 aliphatic heterocycles. The van der Waals surface area contributed by atoms with Crippen LogP contribution in [0.4, 0.5) is 16.2 Å². The Labute approximate surface area is 235 Å². The number of nitrogens with zero attached hydrogens (tertiary/aromatic N) is 4. The summed E-state index contributed by atoms with van der Waals surface area (Å²) in [5, 5.41) is 0. The number of rotatable bonds is 3. The topological polar surface area (TPSA) is 56.3 Å². The van der Waals surface area contributed by atoms with E-state index in [0.717, 1.165) is 79.3 Å². The molecule has 40 heavy (non-hydrogen) atoms. The van der Waals surface area contributed by atoms with E-state index in [1.807, 2.05) is 47.2 Å². The van der Waals surface area contributed by atoms with E-state index in [1.54, 1.807) is 4.90 Å². The van der Waals surface area contributed by atoms with Crippen LogP contribution in [0.2, 0.25) is 0 Å². The third-order valence-electron chi connectivity index (χ3n) is 9.52. The molecule has 2 fully saturated rings. The molecule has 0 unspecified atom stereocenters. The van der Waals surface area contributed by atoms with Crippen LogP contribution >= 0.6 is 0 Å².